The van der Waals surface area contributed by atoms with Crippen molar-refractivity contribution >= 4 is 0 Å². The van der Waals surface area contributed by atoms with Gasteiger partial charge in [-0.15, -0.1) is 0 Å². The first-order valence-corrected chi connectivity index (χ1v) is 1.02. The Morgan fingerprint density at radius 3 is 1.14 bits per heavy atom. The van der Waals surface area contributed by atoms with Gasteiger partial charge in [0.15, 0.2) is 0 Å². The van der Waals surface area contributed by atoms with Crippen LogP contribution in [-0.4, -0.2) is 11.7 Å². The molecule has 0 unspecified atom stereocenters. The van der Waals surface area contributed by atoms with Crippen molar-refractivity contribution in [3.8, 4) is 0 Å². The Labute approximate surface area is 87.7 Å². The second-order valence-electron chi connectivity index (χ2n) is 0.316. The van der Waals surface area contributed by atoms with Gasteiger partial charge in [0.1, 0.15) is 0 Å². The van der Waals surface area contributed by atoms with E-state index >= 15 is 0 Å². The molecule has 0 saturated carbocycles. The minimum Gasteiger partial charge on any atom is -1.00 e. The van der Waals surface area contributed by atoms with Crippen LogP contribution in [-0.2, 0) is 32.7 Å². The van der Waals surface area contributed by atoms with E-state index in [1.165, 1.54) is 0 Å². The molecular weight excluding hydrogens is 235 g/mol. The van der Waals surface area contributed by atoms with Crippen molar-refractivity contribution in [2.24, 2.45) is 0 Å². The zero-order chi connectivity index (χ0) is 2.71. The fraction of sp³-hybridized carbons (Fsp3) is 1.00. The normalized spacial score (nSPS) is 2.57. The van der Waals surface area contributed by atoms with Crippen molar-refractivity contribution in [2.75, 3.05) is 6.61 Å². The van der Waals surface area contributed by atoms with Crippen molar-refractivity contribution in [1.29, 1.82) is 0 Å². The van der Waals surface area contributed by atoms with Gasteiger partial charge in [-0.05, 0) is 6.92 Å². The molecule has 0 heterocycles. The van der Waals surface area contributed by atoms with Crippen LogP contribution in [0.25, 0.3) is 0 Å². The molecule has 0 atom stereocenters. The molecule has 0 rings (SSSR count). The zero-order valence-corrected chi connectivity index (χ0v) is 8.97. The summed E-state index contributed by atoms with van der Waals surface area (Å²) in [5.41, 5.74) is 0. The van der Waals surface area contributed by atoms with Crippen LogP contribution >= 0.6 is 0 Å². The maximum atomic E-state index is 7.57. The Hall–Kier alpha value is 1.93. The van der Waals surface area contributed by atoms with Crippen LogP contribution < -0.4 is 37.2 Å². The van der Waals surface area contributed by atoms with Gasteiger partial charge in [-0.3, -0.25) is 0 Å². The van der Waals surface area contributed by atoms with Crippen LogP contribution in [0.1, 0.15) is 6.92 Å². The SMILES string of the molecule is CCO.[Cl-].[Cl-].[Cl-].[Y+3]. The van der Waals surface area contributed by atoms with Gasteiger partial charge < -0.3 is 42.3 Å². The number of hydrogen-bond donors (Lipinski definition) is 1. The Bertz CT molecular complexity index is 12.9. The third-order valence-electron chi connectivity index (χ3n) is 0. The van der Waals surface area contributed by atoms with E-state index in [-0.39, 0.29) is 76.5 Å². The van der Waals surface area contributed by atoms with Crippen molar-refractivity contribution in [3.63, 3.8) is 0 Å². The first kappa shape index (κ1) is 36.3. The molecule has 5 heteroatoms. The second kappa shape index (κ2) is 44.3. The summed E-state index contributed by atoms with van der Waals surface area (Å²) >= 11 is 0. The van der Waals surface area contributed by atoms with Crippen molar-refractivity contribution in [1.82, 2.24) is 0 Å². The Morgan fingerprint density at radius 2 is 1.14 bits per heavy atom. The molecule has 1 N–H and O–H groups in total. The van der Waals surface area contributed by atoms with E-state index in [0.717, 1.165) is 0 Å². The predicted octanol–water partition coefficient (Wildman–Crippen LogP) is -8.99. The number of hydrogen-bond acceptors (Lipinski definition) is 1. The van der Waals surface area contributed by atoms with E-state index in [4.69, 9.17) is 5.11 Å². The molecule has 0 aromatic heterocycles. The summed E-state index contributed by atoms with van der Waals surface area (Å²) in [4.78, 5) is 0. The third-order valence-corrected chi connectivity index (χ3v) is 0. The Kier molecular flexibility index (Phi) is 230. The first-order chi connectivity index (χ1) is 1.41. The number of halogens is 3. The Balaban J connectivity index is -0.00000000333. The summed E-state index contributed by atoms with van der Waals surface area (Å²) in [5.74, 6) is 0. The minimum absolute atomic E-state index is 0. The van der Waals surface area contributed by atoms with E-state index < -0.39 is 0 Å². The molecule has 0 bridgehead atoms. The molecule has 0 aromatic carbocycles. The smallest absolute Gasteiger partial charge is 1.00 e. The van der Waals surface area contributed by atoms with Gasteiger partial charge in [-0.2, -0.15) is 0 Å². The van der Waals surface area contributed by atoms with Crippen molar-refractivity contribution in [2.45, 2.75) is 6.92 Å². The first-order valence-electron chi connectivity index (χ1n) is 1.02. The van der Waals surface area contributed by atoms with Crippen molar-refractivity contribution in [3.05, 3.63) is 0 Å². The fourth-order valence-electron chi connectivity index (χ4n) is 0. The second-order valence-corrected chi connectivity index (χ2v) is 0.316. The molecule has 1 nitrogen and oxygen atoms in total. The standard InChI is InChI=1S/C2H6O.3ClH.Y/c1-2-3;;;;/h3H,2H2,1H3;3*1H;/q;;;;+3/p-3. The van der Waals surface area contributed by atoms with Crippen LogP contribution in [0.4, 0.5) is 0 Å². The molecule has 44 valence electrons. The van der Waals surface area contributed by atoms with Gasteiger partial charge in [0.05, 0.1) is 0 Å². The Morgan fingerprint density at radius 1 is 1.14 bits per heavy atom. The van der Waals surface area contributed by atoms with Crippen molar-refractivity contribution < 1.29 is 75.0 Å². The van der Waals surface area contributed by atoms with E-state index in [0.29, 0.717) is 0 Å². The van der Waals surface area contributed by atoms with Crippen LogP contribution in [0.3, 0.4) is 0 Å². The van der Waals surface area contributed by atoms with E-state index in [2.05, 4.69) is 0 Å². The maximum Gasteiger partial charge on any atom is 3.00 e. The van der Waals surface area contributed by atoms with Crippen LogP contribution in [0.5, 0.6) is 0 Å². The largest absolute Gasteiger partial charge is 3.00 e. The maximum absolute atomic E-state index is 7.57. The average molecular weight is 241 g/mol. The summed E-state index contributed by atoms with van der Waals surface area (Å²) in [5, 5.41) is 7.57. The average Bonchev–Trinajstić information content (AvgIpc) is 0.918. The van der Waals surface area contributed by atoms with Gasteiger partial charge in [-0.1, -0.05) is 0 Å². The van der Waals surface area contributed by atoms with Crippen LogP contribution in [0.15, 0.2) is 0 Å². The number of aliphatic hydroxyl groups excluding tert-OH is 1. The molecule has 7 heavy (non-hydrogen) atoms. The summed E-state index contributed by atoms with van der Waals surface area (Å²) < 4.78 is 0. The van der Waals surface area contributed by atoms with E-state index in [1.807, 2.05) is 0 Å². The molecule has 0 aliphatic heterocycles. The molecular formula is C2H6Cl3OY. The quantitative estimate of drug-likeness (QED) is 0.447. The molecule has 0 saturated heterocycles. The molecule has 0 aromatic rings. The predicted molar refractivity (Wildman–Crippen MR) is 12.8 cm³/mol. The molecule has 0 amide bonds. The van der Waals surface area contributed by atoms with Crippen LogP contribution in [0.2, 0.25) is 0 Å². The topological polar surface area (TPSA) is 20.2 Å². The fourth-order valence-corrected chi connectivity index (χ4v) is 0. The third kappa shape index (κ3) is 74.7. The number of rotatable bonds is 0. The van der Waals surface area contributed by atoms with Gasteiger partial charge in [-0.25, -0.2) is 0 Å². The summed E-state index contributed by atoms with van der Waals surface area (Å²) in [6, 6.07) is 0. The van der Waals surface area contributed by atoms with Crippen LogP contribution in [0, 0.1) is 0 Å². The van der Waals surface area contributed by atoms with Gasteiger partial charge >= 0.3 is 32.7 Å². The van der Waals surface area contributed by atoms with E-state index in [1.54, 1.807) is 6.92 Å². The summed E-state index contributed by atoms with van der Waals surface area (Å²) in [7, 11) is 0. The monoisotopic (exact) mass is 240 g/mol. The summed E-state index contributed by atoms with van der Waals surface area (Å²) in [6.07, 6.45) is 0. The van der Waals surface area contributed by atoms with Gasteiger partial charge in [0.2, 0.25) is 0 Å². The van der Waals surface area contributed by atoms with Gasteiger partial charge in [0, 0.05) is 6.61 Å². The molecule has 0 aliphatic carbocycles. The van der Waals surface area contributed by atoms with E-state index in [9.17, 15) is 0 Å². The van der Waals surface area contributed by atoms with Gasteiger partial charge in [0.25, 0.3) is 0 Å². The zero-order valence-electron chi connectivity index (χ0n) is 3.87. The molecule has 0 aliphatic rings. The number of aliphatic hydroxyl groups is 1. The summed E-state index contributed by atoms with van der Waals surface area (Å²) in [6.45, 7) is 1.93. The molecule has 0 spiro atoms. The minimum atomic E-state index is 0. The molecule has 0 radical (unpaired) electrons. The molecule has 0 fully saturated rings.